The molecule has 1 rings (SSSR count). The third-order valence-corrected chi connectivity index (χ3v) is 1.83. The molecule has 1 N–H and O–H groups in total. The van der Waals surface area contributed by atoms with Crippen molar-refractivity contribution in [1.29, 1.82) is 0 Å². The molecule has 0 bridgehead atoms. The van der Waals surface area contributed by atoms with Crippen LogP contribution in [0.1, 0.15) is 33.6 Å². The molecule has 3 nitrogen and oxygen atoms in total. The van der Waals surface area contributed by atoms with Crippen LogP contribution in [0.3, 0.4) is 0 Å². The summed E-state index contributed by atoms with van der Waals surface area (Å²) < 4.78 is 0. The van der Waals surface area contributed by atoms with E-state index in [0.29, 0.717) is 12.5 Å². The summed E-state index contributed by atoms with van der Waals surface area (Å²) in [5.74, 6) is 0.256. The third kappa shape index (κ3) is 4.88. The fourth-order valence-electron chi connectivity index (χ4n) is 1.29. The van der Waals surface area contributed by atoms with Gasteiger partial charge in [-0.2, -0.15) is 0 Å². The van der Waals surface area contributed by atoms with Crippen LogP contribution in [0, 0.1) is 0 Å². The number of nitrogens with one attached hydrogen (secondary N) is 1. The zero-order valence-electron chi connectivity index (χ0n) is 9.26. The average molecular weight is 186 g/mol. The number of likely N-dealkylation sites (N-methyl/N-ethyl adjacent to an activating group) is 2. The predicted molar refractivity (Wildman–Crippen MR) is 55.7 cm³/mol. The highest BCUT2D eigenvalue weighted by molar-refractivity contribution is 5.78. The van der Waals surface area contributed by atoms with E-state index >= 15 is 0 Å². The summed E-state index contributed by atoms with van der Waals surface area (Å²) >= 11 is 0. The van der Waals surface area contributed by atoms with Crippen LogP contribution < -0.4 is 5.32 Å². The molecule has 0 saturated carbocycles. The first-order chi connectivity index (χ1) is 6.15. The highest BCUT2D eigenvalue weighted by Crippen LogP contribution is 2.07. The number of carbonyl (C=O) groups excluding carboxylic acids is 1. The Morgan fingerprint density at radius 2 is 2.00 bits per heavy atom. The van der Waals surface area contributed by atoms with Gasteiger partial charge in [-0.25, -0.2) is 0 Å². The Bertz CT molecular complexity index is 148. The summed E-state index contributed by atoms with van der Waals surface area (Å²) in [5.41, 5.74) is 0. The van der Waals surface area contributed by atoms with Crippen molar-refractivity contribution in [3.05, 3.63) is 0 Å². The molecule has 1 saturated heterocycles. The standard InChI is InChI=1S/C7H14N2O.C3H8/c1-3-8-6-4-7(10)9(2)5-6;1-3-2/h6,8H,3-5H2,1-2H3;3H2,1-2H3. The maximum atomic E-state index is 10.9. The van der Waals surface area contributed by atoms with Gasteiger partial charge in [-0.05, 0) is 6.54 Å². The van der Waals surface area contributed by atoms with Gasteiger partial charge in [0, 0.05) is 26.1 Å². The number of rotatable bonds is 2. The summed E-state index contributed by atoms with van der Waals surface area (Å²) in [6.45, 7) is 8.13. The minimum atomic E-state index is 0.256. The number of hydrogen-bond donors (Lipinski definition) is 1. The lowest BCUT2D eigenvalue weighted by atomic mass is 10.2. The van der Waals surface area contributed by atoms with Crippen LogP contribution in [0.2, 0.25) is 0 Å². The van der Waals surface area contributed by atoms with E-state index in [1.54, 1.807) is 4.90 Å². The average Bonchev–Trinajstić information content (AvgIpc) is 2.33. The number of carbonyl (C=O) groups is 1. The van der Waals surface area contributed by atoms with E-state index in [1.165, 1.54) is 6.42 Å². The van der Waals surface area contributed by atoms with Crippen molar-refractivity contribution in [1.82, 2.24) is 10.2 Å². The molecule has 0 aromatic carbocycles. The first kappa shape index (κ1) is 12.4. The largest absolute Gasteiger partial charge is 0.344 e. The molecule has 1 unspecified atom stereocenters. The SMILES string of the molecule is CCC.CCNC1CC(=O)N(C)C1. The molecular formula is C10H22N2O. The molecule has 1 atom stereocenters. The Kier molecular flexibility index (Phi) is 6.59. The van der Waals surface area contributed by atoms with Gasteiger partial charge in [0.15, 0.2) is 0 Å². The molecule has 1 fully saturated rings. The van der Waals surface area contributed by atoms with Gasteiger partial charge in [-0.1, -0.05) is 27.2 Å². The van der Waals surface area contributed by atoms with Crippen molar-refractivity contribution in [2.45, 2.75) is 39.7 Å². The van der Waals surface area contributed by atoms with E-state index in [9.17, 15) is 4.79 Å². The van der Waals surface area contributed by atoms with Gasteiger partial charge < -0.3 is 10.2 Å². The lowest BCUT2D eigenvalue weighted by molar-refractivity contribution is -0.126. The van der Waals surface area contributed by atoms with Crippen molar-refractivity contribution in [2.75, 3.05) is 20.1 Å². The molecule has 1 amide bonds. The summed E-state index contributed by atoms with van der Waals surface area (Å²) in [5, 5.41) is 3.24. The van der Waals surface area contributed by atoms with E-state index in [4.69, 9.17) is 0 Å². The van der Waals surface area contributed by atoms with E-state index in [1.807, 2.05) is 7.05 Å². The molecule has 0 spiro atoms. The molecule has 1 heterocycles. The summed E-state index contributed by atoms with van der Waals surface area (Å²) in [6.07, 6.45) is 1.92. The Balaban J connectivity index is 0.000000424. The van der Waals surface area contributed by atoms with Crippen molar-refractivity contribution < 1.29 is 4.79 Å². The number of hydrogen-bond acceptors (Lipinski definition) is 2. The van der Waals surface area contributed by atoms with Gasteiger partial charge >= 0.3 is 0 Å². The molecular weight excluding hydrogens is 164 g/mol. The zero-order chi connectivity index (χ0) is 10.3. The molecule has 13 heavy (non-hydrogen) atoms. The zero-order valence-corrected chi connectivity index (χ0v) is 9.26. The van der Waals surface area contributed by atoms with Gasteiger partial charge in [0.2, 0.25) is 5.91 Å². The van der Waals surface area contributed by atoms with Gasteiger partial charge in [0.1, 0.15) is 0 Å². The predicted octanol–water partition coefficient (Wildman–Crippen LogP) is 1.24. The van der Waals surface area contributed by atoms with Gasteiger partial charge in [-0.15, -0.1) is 0 Å². The van der Waals surface area contributed by atoms with E-state index in [2.05, 4.69) is 26.1 Å². The maximum absolute atomic E-state index is 10.9. The number of amides is 1. The van der Waals surface area contributed by atoms with Crippen LogP contribution in [-0.4, -0.2) is 37.0 Å². The first-order valence-electron chi connectivity index (χ1n) is 5.12. The number of nitrogens with zero attached hydrogens (tertiary/aromatic N) is 1. The second-order valence-corrected chi connectivity index (χ2v) is 3.44. The Morgan fingerprint density at radius 3 is 2.31 bits per heavy atom. The third-order valence-electron chi connectivity index (χ3n) is 1.83. The van der Waals surface area contributed by atoms with Gasteiger partial charge in [0.05, 0.1) is 0 Å². The minimum absolute atomic E-state index is 0.256. The topological polar surface area (TPSA) is 32.3 Å². The normalized spacial score (nSPS) is 21.4. The molecule has 0 aromatic heterocycles. The molecule has 1 aliphatic rings. The van der Waals surface area contributed by atoms with Crippen LogP contribution >= 0.6 is 0 Å². The minimum Gasteiger partial charge on any atom is -0.344 e. The van der Waals surface area contributed by atoms with E-state index in [-0.39, 0.29) is 5.91 Å². The van der Waals surface area contributed by atoms with Crippen LogP contribution in [0.5, 0.6) is 0 Å². The first-order valence-corrected chi connectivity index (χ1v) is 5.12. The summed E-state index contributed by atoms with van der Waals surface area (Å²) in [7, 11) is 1.85. The lowest BCUT2D eigenvalue weighted by Gasteiger charge is -2.09. The second-order valence-electron chi connectivity index (χ2n) is 3.44. The van der Waals surface area contributed by atoms with Gasteiger partial charge in [0.25, 0.3) is 0 Å². The molecule has 0 radical (unpaired) electrons. The second kappa shape index (κ2) is 6.89. The maximum Gasteiger partial charge on any atom is 0.224 e. The summed E-state index contributed by atoms with van der Waals surface area (Å²) in [6, 6.07) is 0.391. The Morgan fingerprint density at radius 1 is 1.46 bits per heavy atom. The molecule has 78 valence electrons. The molecule has 0 aromatic rings. The van der Waals surface area contributed by atoms with Crippen molar-refractivity contribution in [3.63, 3.8) is 0 Å². The smallest absolute Gasteiger partial charge is 0.224 e. The Labute approximate surface area is 81.5 Å². The van der Waals surface area contributed by atoms with Crippen LogP contribution in [0.15, 0.2) is 0 Å². The molecule has 3 heteroatoms. The number of likely N-dealkylation sites (tertiary alicyclic amines) is 1. The Hall–Kier alpha value is -0.570. The fourth-order valence-corrected chi connectivity index (χ4v) is 1.29. The van der Waals surface area contributed by atoms with Crippen LogP contribution in [0.4, 0.5) is 0 Å². The highest BCUT2D eigenvalue weighted by Gasteiger charge is 2.25. The molecule has 0 aliphatic carbocycles. The fraction of sp³-hybridized carbons (Fsp3) is 0.900. The highest BCUT2D eigenvalue weighted by atomic mass is 16.2. The van der Waals surface area contributed by atoms with Crippen LogP contribution in [0.25, 0.3) is 0 Å². The van der Waals surface area contributed by atoms with Crippen molar-refractivity contribution in [3.8, 4) is 0 Å². The van der Waals surface area contributed by atoms with Crippen molar-refractivity contribution >= 4 is 5.91 Å². The van der Waals surface area contributed by atoms with Crippen molar-refractivity contribution in [2.24, 2.45) is 0 Å². The monoisotopic (exact) mass is 186 g/mol. The van der Waals surface area contributed by atoms with E-state index < -0.39 is 0 Å². The molecule has 1 aliphatic heterocycles. The lowest BCUT2D eigenvalue weighted by Crippen LogP contribution is -2.31. The summed E-state index contributed by atoms with van der Waals surface area (Å²) in [4.78, 5) is 12.7. The van der Waals surface area contributed by atoms with Crippen LogP contribution in [-0.2, 0) is 4.79 Å². The quantitative estimate of drug-likeness (QED) is 0.704. The van der Waals surface area contributed by atoms with E-state index in [0.717, 1.165) is 13.1 Å². The van der Waals surface area contributed by atoms with Gasteiger partial charge in [-0.3, -0.25) is 4.79 Å².